The minimum atomic E-state index is -3.97. The zero-order chi connectivity index (χ0) is 16.5. The highest BCUT2D eigenvalue weighted by Gasteiger charge is 2.19. The summed E-state index contributed by atoms with van der Waals surface area (Å²) < 4.78 is 27.5. The summed E-state index contributed by atoms with van der Waals surface area (Å²) in [6, 6.07) is 5.03. The number of nitro benzene ring substituents is 1. The van der Waals surface area contributed by atoms with Gasteiger partial charge in [-0.1, -0.05) is 11.6 Å². The van der Waals surface area contributed by atoms with Gasteiger partial charge < -0.3 is 0 Å². The van der Waals surface area contributed by atoms with E-state index in [0.717, 1.165) is 12.3 Å². The van der Waals surface area contributed by atoms with E-state index in [-0.39, 0.29) is 21.4 Å². The number of aromatic nitrogens is 1. The van der Waals surface area contributed by atoms with E-state index >= 15 is 0 Å². The summed E-state index contributed by atoms with van der Waals surface area (Å²) in [5.74, 6) is 0. The molecule has 0 bridgehead atoms. The molecule has 0 aliphatic rings. The second-order valence-corrected chi connectivity index (χ2v) is 7.72. The van der Waals surface area contributed by atoms with Gasteiger partial charge in [0.25, 0.3) is 15.7 Å². The van der Waals surface area contributed by atoms with Crippen molar-refractivity contribution in [2.24, 2.45) is 0 Å². The molecule has 0 atom stereocenters. The van der Waals surface area contributed by atoms with Crippen LogP contribution in [-0.2, 0) is 10.0 Å². The van der Waals surface area contributed by atoms with Gasteiger partial charge >= 0.3 is 0 Å². The molecule has 2 rings (SSSR count). The molecule has 1 heterocycles. The van der Waals surface area contributed by atoms with Gasteiger partial charge in [0.2, 0.25) is 0 Å². The fraction of sp³-hybridized carbons (Fsp3) is 0. The molecule has 7 nitrogen and oxygen atoms in total. The van der Waals surface area contributed by atoms with Gasteiger partial charge in [-0.25, -0.2) is 13.4 Å². The van der Waals surface area contributed by atoms with Crippen LogP contribution in [0.15, 0.2) is 44.3 Å². The molecule has 1 aromatic carbocycles. The van der Waals surface area contributed by atoms with E-state index in [1.165, 1.54) is 18.2 Å². The highest BCUT2D eigenvalue weighted by atomic mass is 79.9. The van der Waals surface area contributed by atoms with Crippen LogP contribution in [0.3, 0.4) is 0 Å². The van der Waals surface area contributed by atoms with Gasteiger partial charge in [0.05, 0.1) is 15.1 Å². The molecule has 1 aromatic heterocycles. The zero-order valence-electron chi connectivity index (χ0n) is 10.5. The van der Waals surface area contributed by atoms with E-state index in [0.29, 0.717) is 8.95 Å². The highest BCUT2D eigenvalue weighted by molar-refractivity contribution is 9.11. The maximum atomic E-state index is 12.3. The van der Waals surface area contributed by atoms with Crippen molar-refractivity contribution in [3.63, 3.8) is 0 Å². The molecule has 0 fully saturated rings. The van der Waals surface area contributed by atoms with Gasteiger partial charge in [-0.2, -0.15) is 0 Å². The topological polar surface area (TPSA) is 102 Å². The van der Waals surface area contributed by atoms with Crippen molar-refractivity contribution in [3.8, 4) is 0 Å². The molecule has 0 saturated carbocycles. The fourth-order valence-electron chi connectivity index (χ4n) is 1.46. The van der Waals surface area contributed by atoms with Crippen molar-refractivity contribution in [2.45, 2.75) is 4.90 Å². The van der Waals surface area contributed by atoms with Gasteiger partial charge in [0, 0.05) is 22.8 Å². The number of nitrogens with one attached hydrogen (secondary N) is 1. The number of nitrogens with zero attached hydrogens (tertiary/aromatic N) is 2. The number of benzene rings is 1. The Hall–Kier alpha value is -1.23. The van der Waals surface area contributed by atoms with Gasteiger partial charge in [0.1, 0.15) is 10.0 Å². The second-order valence-electron chi connectivity index (χ2n) is 3.97. The van der Waals surface area contributed by atoms with Crippen molar-refractivity contribution in [1.82, 2.24) is 4.98 Å². The predicted molar refractivity (Wildman–Crippen MR) is 88.6 cm³/mol. The number of halogens is 3. The summed E-state index contributed by atoms with van der Waals surface area (Å²) in [4.78, 5) is 13.7. The molecule has 11 heteroatoms. The number of pyridine rings is 1. The summed E-state index contributed by atoms with van der Waals surface area (Å²) in [7, 11) is -3.97. The van der Waals surface area contributed by atoms with Crippen LogP contribution >= 0.6 is 43.5 Å². The molecular formula is C11H6Br2ClN3O4S. The lowest BCUT2D eigenvalue weighted by Crippen LogP contribution is -2.14. The summed E-state index contributed by atoms with van der Waals surface area (Å²) in [5.41, 5.74) is -0.198. The lowest BCUT2D eigenvalue weighted by molar-refractivity contribution is -0.384. The molecule has 116 valence electrons. The molecule has 0 spiro atoms. The van der Waals surface area contributed by atoms with Crippen LogP contribution in [-0.4, -0.2) is 18.3 Å². The Balaban J connectivity index is 2.42. The van der Waals surface area contributed by atoms with Crippen LogP contribution in [0.2, 0.25) is 5.15 Å². The van der Waals surface area contributed by atoms with Crippen molar-refractivity contribution in [2.75, 3.05) is 4.72 Å². The predicted octanol–water partition coefficient (Wildman–Crippen LogP) is 3.97. The van der Waals surface area contributed by atoms with E-state index < -0.39 is 14.9 Å². The van der Waals surface area contributed by atoms with E-state index in [9.17, 15) is 18.5 Å². The minimum absolute atomic E-state index is 0.0419. The van der Waals surface area contributed by atoms with E-state index in [4.69, 9.17) is 11.6 Å². The van der Waals surface area contributed by atoms with Gasteiger partial charge in [-0.05, 0) is 44.0 Å². The Kier molecular flexibility index (Phi) is 5.05. The maximum Gasteiger partial charge on any atom is 0.271 e. The average molecular weight is 472 g/mol. The van der Waals surface area contributed by atoms with Crippen molar-refractivity contribution in [3.05, 3.63) is 54.7 Å². The first-order valence-electron chi connectivity index (χ1n) is 5.48. The third-order valence-electron chi connectivity index (χ3n) is 2.49. The second kappa shape index (κ2) is 6.49. The standard InChI is InChI=1S/C11H6Br2ClN3O4S/c12-8-2-1-6(17(18)19)3-10(8)16-22(20,21)7-4-9(13)11(14)15-5-7/h1-5,16H. The Morgan fingerprint density at radius 2 is 1.91 bits per heavy atom. The monoisotopic (exact) mass is 469 g/mol. The fourth-order valence-corrected chi connectivity index (χ4v) is 3.58. The first-order valence-corrected chi connectivity index (χ1v) is 8.93. The van der Waals surface area contributed by atoms with Crippen LogP contribution in [0.25, 0.3) is 0 Å². The molecule has 0 aliphatic heterocycles. The van der Waals surface area contributed by atoms with E-state index in [1.807, 2.05) is 0 Å². The van der Waals surface area contributed by atoms with Crippen LogP contribution < -0.4 is 4.72 Å². The van der Waals surface area contributed by atoms with Crippen molar-refractivity contribution >= 4 is 64.9 Å². The average Bonchev–Trinajstić information content (AvgIpc) is 2.43. The molecule has 0 saturated heterocycles. The smallest absolute Gasteiger partial charge is 0.271 e. The molecule has 22 heavy (non-hydrogen) atoms. The summed E-state index contributed by atoms with van der Waals surface area (Å²) >= 11 is 11.9. The van der Waals surface area contributed by atoms with E-state index in [1.54, 1.807) is 0 Å². The van der Waals surface area contributed by atoms with Crippen LogP contribution in [0.4, 0.5) is 11.4 Å². The quantitative estimate of drug-likeness (QED) is 0.413. The van der Waals surface area contributed by atoms with E-state index in [2.05, 4.69) is 41.6 Å². The number of sulfonamides is 1. The SMILES string of the molecule is O=[N+]([O-])c1ccc(Br)c(NS(=O)(=O)c2cnc(Cl)c(Br)c2)c1. The summed E-state index contributed by atoms with van der Waals surface area (Å²) in [6.45, 7) is 0. The minimum Gasteiger partial charge on any atom is -0.278 e. The highest BCUT2D eigenvalue weighted by Crippen LogP contribution is 2.30. The molecule has 0 unspecified atom stereocenters. The van der Waals surface area contributed by atoms with Gasteiger partial charge in [0.15, 0.2) is 0 Å². The normalized spacial score (nSPS) is 11.2. The molecule has 2 aromatic rings. The molecule has 1 N–H and O–H groups in total. The van der Waals surface area contributed by atoms with Crippen LogP contribution in [0.1, 0.15) is 0 Å². The largest absolute Gasteiger partial charge is 0.278 e. The summed E-state index contributed by atoms with van der Waals surface area (Å²) in [6.07, 6.45) is 1.08. The van der Waals surface area contributed by atoms with Crippen LogP contribution in [0.5, 0.6) is 0 Å². The zero-order valence-corrected chi connectivity index (χ0v) is 15.2. The number of anilines is 1. The van der Waals surface area contributed by atoms with Crippen LogP contribution in [0, 0.1) is 10.1 Å². The number of nitro groups is 1. The van der Waals surface area contributed by atoms with Gasteiger partial charge in [-0.3, -0.25) is 14.8 Å². The first-order chi connectivity index (χ1) is 10.2. The van der Waals surface area contributed by atoms with Gasteiger partial charge in [-0.15, -0.1) is 0 Å². The first kappa shape index (κ1) is 17.1. The Morgan fingerprint density at radius 3 is 2.50 bits per heavy atom. The summed E-state index contributed by atoms with van der Waals surface area (Å²) in [5, 5.41) is 10.9. The number of rotatable bonds is 4. The third kappa shape index (κ3) is 3.75. The Morgan fingerprint density at radius 1 is 1.23 bits per heavy atom. The lowest BCUT2D eigenvalue weighted by Gasteiger charge is -2.10. The van der Waals surface area contributed by atoms with Crippen molar-refractivity contribution in [1.29, 1.82) is 0 Å². The Bertz CT molecular complexity index is 860. The Labute approximate surface area is 147 Å². The number of non-ortho nitro benzene ring substituents is 1. The maximum absolute atomic E-state index is 12.3. The lowest BCUT2D eigenvalue weighted by atomic mass is 10.3. The van der Waals surface area contributed by atoms with Crippen molar-refractivity contribution < 1.29 is 13.3 Å². The molecular weight excluding hydrogens is 465 g/mol. The number of hydrogen-bond acceptors (Lipinski definition) is 5. The molecule has 0 radical (unpaired) electrons. The third-order valence-corrected chi connectivity index (χ3v) is 5.64. The molecule has 0 amide bonds. The number of hydrogen-bond donors (Lipinski definition) is 1. The molecule has 0 aliphatic carbocycles.